The third-order valence-electron chi connectivity index (χ3n) is 2.78. The Kier molecular flexibility index (Phi) is 4.74. The molecule has 1 fully saturated rings. The summed E-state index contributed by atoms with van der Waals surface area (Å²) in [6.07, 6.45) is 1.38. The van der Waals surface area contributed by atoms with Crippen molar-refractivity contribution < 1.29 is 4.79 Å². The number of nitrogens with zero attached hydrogens (tertiary/aromatic N) is 1. The third kappa shape index (κ3) is 4.94. The molecule has 1 unspecified atom stereocenters. The van der Waals surface area contributed by atoms with E-state index in [1.54, 1.807) is 0 Å². The maximum Gasteiger partial charge on any atom is 0.224 e. The van der Waals surface area contributed by atoms with Crippen LogP contribution in [0.4, 0.5) is 0 Å². The summed E-state index contributed by atoms with van der Waals surface area (Å²) in [4.78, 5) is 13.8. The van der Waals surface area contributed by atoms with Gasteiger partial charge in [0.15, 0.2) is 0 Å². The summed E-state index contributed by atoms with van der Waals surface area (Å²) in [7, 11) is 0. The molecule has 94 valence electrons. The van der Waals surface area contributed by atoms with Gasteiger partial charge in [-0.15, -0.1) is 0 Å². The molecule has 3 N–H and O–H groups in total. The van der Waals surface area contributed by atoms with Crippen LogP contribution in [0.3, 0.4) is 0 Å². The minimum atomic E-state index is -0.0117. The van der Waals surface area contributed by atoms with E-state index in [4.69, 9.17) is 5.73 Å². The third-order valence-corrected chi connectivity index (χ3v) is 2.78. The highest BCUT2D eigenvalue weighted by Gasteiger charge is 2.22. The molecule has 4 heteroatoms. The van der Waals surface area contributed by atoms with Crippen LogP contribution in [0.5, 0.6) is 0 Å². The predicted octanol–water partition coefficient (Wildman–Crippen LogP) is 0.572. The van der Waals surface area contributed by atoms with Crippen molar-refractivity contribution in [2.75, 3.05) is 26.2 Å². The lowest BCUT2D eigenvalue weighted by atomic mass is 9.87. The van der Waals surface area contributed by atoms with Crippen molar-refractivity contribution in [3.05, 3.63) is 0 Å². The molecule has 0 saturated carbocycles. The average molecular weight is 227 g/mol. The van der Waals surface area contributed by atoms with E-state index in [2.05, 4.69) is 26.1 Å². The van der Waals surface area contributed by atoms with Crippen molar-refractivity contribution in [1.29, 1.82) is 0 Å². The van der Waals surface area contributed by atoms with E-state index in [1.807, 2.05) is 4.90 Å². The molecule has 0 aromatic heterocycles. The van der Waals surface area contributed by atoms with E-state index >= 15 is 0 Å². The Balaban J connectivity index is 2.32. The van der Waals surface area contributed by atoms with Crippen molar-refractivity contribution in [2.45, 2.75) is 39.7 Å². The molecule has 1 atom stereocenters. The largest absolute Gasteiger partial charge is 0.340 e. The molecule has 0 aliphatic carbocycles. The number of nitrogens with one attached hydrogen (secondary N) is 1. The van der Waals surface area contributed by atoms with Gasteiger partial charge in [0.2, 0.25) is 5.91 Å². The first kappa shape index (κ1) is 13.5. The molecular formula is C12H25N3O. The molecule has 1 amide bonds. The highest BCUT2D eigenvalue weighted by atomic mass is 16.2. The second-order valence-corrected chi connectivity index (χ2v) is 5.86. The van der Waals surface area contributed by atoms with Crippen molar-refractivity contribution in [3.8, 4) is 0 Å². The summed E-state index contributed by atoms with van der Waals surface area (Å²) in [6.45, 7) is 9.91. The van der Waals surface area contributed by atoms with Crippen molar-refractivity contribution >= 4 is 5.91 Å². The Morgan fingerprint density at radius 1 is 1.38 bits per heavy atom. The summed E-state index contributed by atoms with van der Waals surface area (Å²) in [5.41, 5.74) is 6.20. The molecule has 0 aromatic rings. The zero-order valence-corrected chi connectivity index (χ0v) is 10.8. The van der Waals surface area contributed by atoms with Gasteiger partial charge in [0.1, 0.15) is 0 Å². The second kappa shape index (κ2) is 5.64. The summed E-state index contributed by atoms with van der Waals surface area (Å²) >= 11 is 0. The Morgan fingerprint density at radius 3 is 2.44 bits per heavy atom. The SMILES string of the molecule is CC(C)(C)CC(N)CC(=O)N1CCNCC1. The van der Waals surface area contributed by atoms with Crippen LogP contribution in [0, 0.1) is 5.41 Å². The number of carbonyl (C=O) groups is 1. The highest BCUT2D eigenvalue weighted by Crippen LogP contribution is 2.21. The van der Waals surface area contributed by atoms with Crippen LogP contribution in [0.1, 0.15) is 33.6 Å². The zero-order valence-electron chi connectivity index (χ0n) is 10.8. The Morgan fingerprint density at radius 2 is 1.94 bits per heavy atom. The zero-order chi connectivity index (χ0) is 12.2. The van der Waals surface area contributed by atoms with Crippen LogP contribution in [-0.2, 0) is 4.79 Å². The lowest BCUT2D eigenvalue weighted by Crippen LogP contribution is -2.47. The fourth-order valence-corrected chi connectivity index (χ4v) is 2.13. The summed E-state index contributed by atoms with van der Waals surface area (Å²) in [5, 5.41) is 3.24. The second-order valence-electron chi connectivity index (χ2n) is 5.86. The Bertz CT molecular complexity index is 229. The smallest absolute Gasteiger partial charge is 0.224 e. The van der Waals surface area contributed by atoms with Gasteiger partial charge in [-0.3, -0.25) is 4.79 Å². The van der Waals surface area contributed by atoms with E-state index in [-0.39, 0.29) is 17.4 Å². The van der Waals surface area contributed by atoms with Crippen LogP contribution in [0.25, 0.3) is 0 Å². The molecule has 0 spiro atoms. The fourth-order valence-electron chi connectivity index (χ4n) is 2.13. The molecule has 1 aliphatic heterocycles. The summed E-state index contributed by atoms with van der Waals surface area (Å²) in [6, 6.07) is -0.0117. The number of carbonyl (C=O) groups excluding carboxylic acids is 1. The van der Waals surface area contributed by atoms with Crippen molar-refractivity contribution in [1.82, 2.24) is 10.2 Å². The quantitative estimate of drug-likeness (QED) is 0.741. The fraction of sp³-hybridized carbons (Fsp3) is 0.917. The van der Waals surface area contributed by atoms with Gasteiger partial charge < -0.3 is 16.0 Å². The van der Waals surface area contributed by atoms with E-state index in [9.17, 15) is 4.79 Å². The van der Waals surface area contributed by atoms with Crippen LogP contribution in [-0.4, -0.2) is 43.0 Å². The molecule has 1 heterocycles. The Labute approximate surface area is 98.6 Å². The molecule has 1 saturated heterocycles. The molecule has 4 nitrogen and oxygen atoms in total. The van der Waals surface area contributed by atoms with E-state index in [1.165, 1.54) is 0 Å². The number of hydrogen-bond donors (Lipinski definition) is 2. The van der Waals surface area contributed by atoms with E-state index < -0.39 is 0 Å². The van der Waals surface area contributed by atoms with Crippen LogP contribution in [0.15, 0.2) is 0 Å². The Hall–Kier alpha value is -0.610. The number of nitrogens with two attached hydrogens (primary N) is 1. The van der Waals surface area contributed by atoms with Crippen molar-refractivity contribution in [3.63, 3.8) is 0 Å². The first-order valence-electron chi connectivity index (χ1n) is 6.12. The molecular weight excluding hydrogens is 202 g/mol. The van der Waals surface area contributed by atoms with Gasteiger partial charge in [-0.2, -0.15) is 0 Å². The lowest BCUT2D eigenvalue weighted by molar-refractivity contribution is -0.132. The summed E-state index contributed by atoms with van der Waals surface area (Å²) in [5.74, 6) is 0.207. The first-order valence-corrected chi connectivity index (χ1v) is 6.12. The molecule has 0 radical (unpaired) electrons. The van der Waals surface area contributed by atoms with Gasteiger partial charge in [0, 0.05) is 38.6 Å². The van der Waals surface area contributed by atoms with E-state index in [0.29, 0.717) is 6.42 Å². The molecule has 0 bridgehead atoms. The maximum absolute atomic E-state index is 11.9. The highest BCUT2D eigenvalue weighted by molar-refractivity contribution is 5.76. The lowest BCUT2D eigenvalue weighted by Gasteiger charge is -2.29. The molecule has 0 aromatic carbocycles. The predicted molar refractivity (Wildman–Crippen MR) is 66.1 cm³/mol. The number of rotatable bonds is 3. The standard InChI is InChI=1S/C12H25N3O/c1-12(2,3)9-10(13)8-11(16)15-6-4-14-5-7-15/h10,14H,4-9,13H2,1-3H3. The number of amides is 1. The maximum atomic E-state index is 11.9. The topological polar surface area (TPSA) is 58.4 Å². The van der Waals surface area contributed by atoms with Crippen LogP contribution < -0.4 is 11.1 Å². The number of hydrogen-bond acceptors (Lipinski definition) is 3. The number of piperazine rings is 1. The minimum absolute atomic E-state index is 0.0117. The normalized spacial score (nSPS) is 19.6. The van der Waals surface area contributed by atoms with E-state index in [0.717, 1.165) is 32.6 Å². The molecule has 1 rings (SSSR count). The van der Waals surface area contributed by atoms with Gasteiger partial charge in [-0.1, -0.05) is 20.8 Å². The summed E-state index contributed by atoms with van der Waals surface area (Å²) < 4.78 is 0. The first-order chi connectivity index (χ1) is 7.38. The van der Waals surface area contributed by atoms with Crippen LogP contribution >= 0.6 is 0 Å². The average Bonchev–Trinajstić information content (AvgIpc) is 2.16. The van der Waals surface area contributed by atoms with Gasteiger partial charge >= 0.3 is 0 Å². The molecule has 16 heavy (non-hydrogen) atoms. The van der Waals surface area contributed by atoms with Gasteiger partial charge in [0.05, 0.1) is 0 Å². The van der Waals surface area contributed by atoms with Crippen LogP contribution in [0.2, 0.25) is 0 Å². The van der Waals surface area contributed by atoms with Crippen molar-refractivity contribution in [2.24, 2.45) is 11.1 Å². The van der Waals surface area contributed by atoms with Gasteiger partial charge in [-0.05, 0) is 11.8 Å². The molecule has 1 aliphatic rings. The van der Waals surface area contributed by atoms with Gasteiger partial charge in [0.25, 0.3) is 0 Å². The minimum Gasteiger partial charge on any atom is -0.340 e. The van der Waals surface area contributed by atoms with Gasteiger partial charge in [-0.25, -0.2) is 0 Å². The monoisotopic (exact) mass is 227 g/mol.